The van der Waals surface area contributed by atoms with E-state index in [0.29, 0.717) is 12.2 Å². The van der Waals surface area contributed by atoms with Gasteiger partial charge in [0, 0.05) is 19.0 Å². The molecule has 2 amide bonds. The zero-order valence-electron chi connectivity index (χ0n) is 14.3. The molecule has 0 spiro atoms. The van der Waals surface area contributed by atoms with Crippen molar-refractivity contribution in [2.75, 3.05) is 19.0 Å². The van der Waals surface area contributed by atoms with Crippen molar-refractivity contribution in [1.82, 2.24) is 10.5 Å². The van der Waals surface area contributed by atoms with Crippen LogP contribution in [0.2, 0.25) is 0 Å². The minimum absolute atomic E-state index is 0.0802. The Morgan fingerprint density at radius 1 is 1.28 bits per heavy atom. The molecule has 0 aliphatic carbocycles. The number of carbonyl (C=O) groups is 2. The first-order valence-corrected chi connectivity index (χ1v) is 7.67. The quantitative estimate of drug-likeness (QED) is 0.673. The lowest BCUT2D eigenvalue weighted by atomic mass is 9.96. The number of carbonyl (C=O) groups excluding carboxylic acids is 2. The Balaban J connectivity index is 1.84. The summed E-state index contributed by atoms with van der Waals surface area (Å²) in [7, 11) is 1.58. The lowest BCUT2D eigenvalue weighted by Crippen LogP contribution is -2.45. The van der Waals surface area contributed by atoms with Gasteiger partial charge in [0.25, 0.3) is 0 Å². The number of aromatic nitrogens is 1. The fraction of sp³-hybridized carbons (Fsp3) is 0.353. The van der Waals surface area contributed by atoms with Crippen molar-refractivity contribution in [3.63, 3.8) is 0 Å². The zero-order valence-corrected chi connectivity index (χ0v) is 14.3. The maximum Gasteiger partial charge on any atom is 0.314 e. The number of aryl methyl sites for hydroxylation is 1. The van der Waals surface area contributed by atoms with Crippen molar-refractivity contribution in [3.8, 4) is 5.75 Å². The number of rotatable bonds is 6. The highest BCUT2D eigenvalue weighted by Crippen LogP contribution is 2.16. The van der Waals surface area contributed by atoms with Gasteiger partial charge in [0.1, 0.15) is 11.5 Å². The van der Waals surface area contributed by atoms with Crippen molar-refractivity contribution < 1.29 is 24.0 Å². The van der Waals surface area contributed by atoms with Crippen LogP contribution in [0.4, 0.5) is 5.82 Å². The standard InChI is InChI=1S/C17H21N3O5/c1-11-8-14(20-25-11)19-16(22)15(21)18-10-17(2,23)9-12-4-6-13(24-3)7-5-12/h4-8,23H,9-10H2,1-3H3,(H,18,21)(H,19,20,22). The molecule has 2 rings (SSSR count). The minimum Gasteiger partial charge on any atom is -0.497 e. The summed E-state index contributed by atoms with van der Waals surface area (Å²) in [4.78, 5) is 23.6. The number of ether oxygens (including phenoxy) is 1. The van der Waals surface area contributed by atoms with Crippen LogP contribution in [-0.2, 0) is 16.0 Å². The van der Waals surface area contributed by atoms with Crippen molar-refractivity contribution in [2.45, 2.75) is 25.9 Å². The van der Waals surface area contributed by atoms with Gasteiger partial charge in [0.2, 0.25) is 0 Å². The van der Waals surface area contributed by atoms with Crippen molar-refractivity contribution >= 4 is 17.6 Å². The summed E-state index contributed by atoms with van der Waals surface area (Å²) < 4.78 is 9.88. The average molecular weight is 347 g/mol. The van der Waals surface area contributed by atoms with Crippen LogP contribution in [0.1, 0.15) is 18.2 Å². The molecule has 1 aromatic heterocycles. The molecule has 8 nitrogen and oxygen atoms in total. The monoisotopic (exact) mass is 347 g/mol. The number of benzene rings is 1. The average Bonchev–Trinajstić information content (AvgIpc) is 2.98. The van der Waals surface area contributed by atoms with Crippen molar-refractivity contribution in [3.05, 3.63) is 41.7 Å². The van der Waals surface area contributed by atoms with Gasteiger partial charge in [-0.15, -0.1) is 0 Å². The Morgan fingerprint density at radius 3 is 2.52 bits per heavy atom. The molecule has 0 saturated carbocycles. The van der Waals surface area contributed by atoms with Gasteiger partial charge in [-0.3, -0.25) is 14.9 Å². The lowest BCUT2D eigenvalue weighted by Gasteiger charge is -2.23. The maximum absolute atomic E-state index is 11.8. The molecule has 2 aromatic rings. The number of nitrogens with one attached hydrogen (secondary N) is 2. The SMILES string of the molecule is COc1ccc(CC(C)(O)CNC(=O)C(=O)Nc2cc(C)on2)cc1. The van der Waals surface area contributed by atoms with Crippen LogP contribution in [0.25, 0.3) is 0 Å². The number of hydrogen-bond acceptors (Lipinski definition) is 6. The first kappa shape index (κ1) is 18.5. The molecule has 1 heterocycles. The van der Waals surface area contributed by atoms with E-state index in [1.54, 1.807) is 33.1 Å². The first-order valence-electron chi connectivity index (χ1n) is 7.67. The van der Waals surface area contributed by atoms with Gasteiger partial charge in [0.15, 0.2) is 5.82 Å². The van der Waals surface area contributed by atoms with Gasteiger partial charge in [-0.05, 0) is 31.5 Å². The van der Waals surface area contributed by atoms with Gasteiger partial charge in [0.05, 0.1) is 12.7 Å². The number of anilines is 1. The highest BCUT2D eigenvalue weighted by atomic mass is 16.5. The topological polar surface area (TPSA) is 114 Å². The van der Waals surface area contributed by atoms with Gasteiger partial charge in [-0.1, -0.05) is 17.3 Å². The van der Waals surface area contributed by atoms with E-state index in [1.807, 2.05) is 12.1 Å². The van der Waals surface area contributed by atoms with Gasteiger partial charge in [-0.25, -0.2) is 0 Å². The predicted molar refractivity (Wildman–Crippen MR) is 90.2 cm³/mol. The van der Waals surface area contributed by atoms with Crippen LogP contribution in [0.3, 0.4) is 0 Å². The molecule has 25 heavy (non-hydrogen) atoms. The van der Waals surface area contributed by atoms with Crippen molar-refractivity contribution in [1.29, 1.82) is 0 Å². The Labute approximate surface area is 145 Å². The van der Waals surface area contributed by atoms with Crippen LogP contribution in [0.5, 0.6) is 5.75 Å². The van der Waals surface area contributed by atoms with Crippen LogP contribution in [-0.4, -0.2) is 41.3 Å². The molecule has 0 bridgehead atoms. The number of hydrogen-bond donors (Lipinski definition) is 3. The molecule has 0 fully saturated rings. The smallest absolute Gasteiger partial charge is 0.314 e. The Hall–Kier alpha value is -2.87. The predicted octanol–water partition coefficient (Wildman–Crippen LogP) is 1.04. The van der Waals surface area contributed by atoms with E-state index in [9.17, 15) is 14.7 Å². The third-order valence-corrected chi connectivity index (χ3v) is 3.45. The second-order valence-corrected chi connectivity index (χ2v) is 5.98. The van der Waals surface area contributed by atoms with Gasteiger partial charge < -0.3 is 19.7 Å². The fourth-order valence-corrected chi connectivity index (χ4v) is 2.20. The van der Waals surface area contributed by atoms with Gasteiger partial charge >= 0.3 is 11.8 Å². The summed E-state index contributed by atoms with van der Waals surface area (Å²) in [5.74, 6) is -0.360. The van der Waals surface area contributed by atoms with E-state index >= 15 is 0 Å². The van der Waals surface area contributed by atoms with Gasteiger partial charge in [-0.2, -0.15) is 0 Å². The second kappa shape index (κ2) is 7.80. The molecule has 0 radical (unpaired) electrons. The van der Waals surface area contributed by atoms with E-state index in [2.05, 4.69) is 15.8 Å². The van der Waals surface area contributed by atoms with E-state index in [4.69, 9.17) is 9.26 Å². The molecule has 1 aromatic carbocycles. The maximum atomic E-state index is 11.8. The third-order valence-electron chi connectivity index (χ3n) is 3.45. The van der Waals surface area contributed by atoms with E-state index < -0.39 is 17.4 Å². The molecular weight excluding hydrogens is 326 g/mol. The van der Waals surface area contributed by atoms with Crippen LogP contribution in [0.15, 0.2) is 34.9 Å². The highest BCUT2D eigenvalue weighted by molar-refractivity contribution is 6.39. The van der Waals surface area contributed by atoms with E-state index in [0.717, 1.165) is 11.3 Å². The zero-order chi connectivity index (χ0) is 18.4. The largest absolute Gasteiger partial charge is 0.497 e. The summed E-state index contributed by atoms with van der Waals surface area (Å²) in [6.45, 7) is 3.17. The normalized spacial score (nSPS) is 13.0. The van der Waals surface area contributed by atoms with Crippen LogP contribution >= 0.6 is 0 Å². The second-order valence-electron chi connectivity index (χ2n) is 5.98. The lowest BCUT2D eigenvalue weighted by molar-refractivity contribution is -0.136. The Bertz CT molecular complexity index is 737. The van der Waals surface area contributed by atoms with E-state index in [1.165, 1.54) is 6.07 Å². The Morgan fingerprint density at radius 2 is 1.96 bits per heavy atom. The summed E-state index contributed by atoms with van der Waals surface area (Å²) in [6.07, 6.45) is 0.307. The first-order chi connectivity index (χ1) is 11.8. The molecule has 8 heteroatoms. The summed E-state index contributed by atoms with van der Waals surface area (Å²) in [5, 5.41) is 18.7. The molecule has 0 aliphatic heterocycles. The minimum atomic E-state index is -1.21. The molecule has 134 valence electrons. The highest BCUT2D eigenvalue weighted by Gasteiger charge is 2.24. The van der Waals surface area contributed by atoms with Crippen LogP contribution < -0.4 is 15.4 Å². The summed E-state index contributed by atoms with van der Waals surface area (Å²) in [5.41, 5.74) is -0.336. The van der Waals surface area contributed by atoms with Crippen LogP contribution in [0, 0.1) is 6.92 Å². The molecule has 1 atom stereocenters. The molecule has 1 unspecified atom stereocenters. The number of nitrogens with zero attached hydrogens (tertiary/aromatic N) is 1. The number of methoxy groups -OCH3 is 1. The summed E-state index contributed by atoms with van der Waals surface area (Å²) >= 11 is 0. The fourth-order valence-electron chi connectivity index (χ4n) is 2.20. The van der Waals surface area contributed by atoms with Crippen molar-refractivity contribution in [2.24, 2.45) is 0 Å². The molecular formula is C17H21N3O5. The molecule has 0 aliphatic rings. The molecule has 0 saturated heterocycles. The molecule has 3 N–H and O–H groups in total. The third kappa shape index (κ3) is 5.61. The number of aliphatic hydroxyl groups is 1. The van der Waals surface area contributed by atoms with E-state index in [-0.39, 0.29) is 12.4 Å². The Kier molecular flexibility index (Phi) is 5.76. The summed E-state index contributed by atoms with van der Waals surface area (Å²) in [6, 6.07) is 8.73. The number of amides is 2.